The van der Waals surface area contributed by atoms with Gasteiger partial charge in [-0.2, -0.15) is 0 Å². The number of hydrogen-bond acceptors (Lipinski definition) is 6. The summed E-state index contributed by atoms with van der Waals surface area (Å²) in [5.41, 5.74) is 0.593. The van der Waals surface area contributed by atoms with Crippen LogP contribution in [0.3, 0.4) is 0 Å². The van der Waals surface area contributed by atoms with Gasteiger partial charge in [0.15, 0.2) is 0 Å². The van der Waals surface area contributed by atoms with E-state index in [0.717, 1.165) is 31.9 Å². The fraction of sp³-hybridized carbons (Fsp3) is 0.444. The van der Waals surface area contributed by atoms with Gasteiger partial charge in [0.1, 0.15) is 5.82 Å². The van der Waals surface area contributed by atoms with Crippen LogP contribution in [0.5, 0.6) is 0 Å². The summed E-state index contributed by atoms with van der Waals surface area (Å²) in [6.45, 7) is 8.97. The molecule has 26 heavy (non-hydrogen) atoms. The van der Waals surface area contributed by atoms with Crippen LogP contribution < -0.4 is 15.1 Å². The predicted octanol–water partition coefficient (Wildman–Crippen LogP) is 2.84. The molecule has 7 nitrogen and oxygen atoms in total. The second-order valence-electron chi connectivity index (χ2n) is 7.28. The number of piperazine rings is 1. The maximum Gasteiger partial charge on any atom is 0.230 e. The van der Waals surface area contributed by atoms with Crippen molar-refractivity contribution in [1.29, 1.82) is 0 Å². The third kappa shape index (κ3) is 4.40. The average Bonchev–Trinajstić information content (AvgIpc) is 2.62. The van der Waals surface area contributed by atoms with Gasteiger partial charge in [-0.05, 0) is 12.1 Å². The highest BCUT2D eigenvalue weighted by atomic mass is 35.5. The smallest absolute Gasteiger partial charge is 0.230 e. The Morgan fingerprint density at radius 3 is 2.15 bits per heavy atom. The van der Waals surface area contributed by atoms with Crippen LogP contribution in [-0.2, 0) is 4.79 Å². The lowest BCUT2D eigenvalue weighted by Gasteiger charge is -2.35. The van der Waals surface area contributed by atoms with Gasteiger partial charge in [0.25, 0.3) is 0 Å². The van der Waals surface area contributed by atoms with Gasteiger partial charge in [-0.1, -0.05) is 32.4 Å². The van der Waals surface area contributed by atoms with Crippen molar-refractivity contribution in [1.82, 2.24) is 15.0 Å². The molecule has 1 aliphatic heterocycles. The van der Waals surface area contributed by atoms with Crippen LogP contribution in [0.2, 0.25) is 5.02 Å². The molecule has 0 atom stereocenters. The number of amides is 1. The van der Waals surface area contributed by atoms with Crippen LogP contribution in [0.15, 0.2) is 30.7 Å². The van der Waals surface area contributed by atoms with E-state index in [9.17, 15) is 4.79 Å². The number of halogens is 1. The molecule has 0 spiro atoms. The molecule has 0 radical (unpaired) electrons. The molecule has 0 saturated carbocycles. The van der Waals surface area contributed by atoms with Gasteiger partial charge in [0, 0.05) is 31.6 Å². The van der Waals surface area contributed by atoms with Crippen molar-refractivity contribution < 1.29 is 4.79 Å². The summed E-state index contributed by atoms with van der Waals surface area (Å²) in [4.78, 5) is 29.3. The largest absolute Gasteiger partial charge is 0.367 e. The van der Waals surface area contributed by atoms with Crippen LogP contribution in [-0.4, -0.2) is 47.0 Å². The molecule has 3 rings (SSSR count). The molecule has 1 aliphatic rings. The molecule has 0 aromatic carbocycles. The molecule has 1 fully saturated rings. The highest BCUT2D eigenvalue weighted by Crippen LogP contribution is 2.21. The summed E-state index contributed by atoms with van der Waals surface area (Å²) in [6, 6.07) is 3.83. The quantitative estimate of drug-likeness (QED) is 0.890. The van der Waals surface area contributed by atoms with E-state index in [1.165, 1.54) is 0 Å². The first-order chi connectivity index (χ1) is 12.3. The predicted molar refractivity (Wildman–Crippen MR) is 104 cm³/mol. The maximum absolute atomic E-state index is 12.0. The van der Waals surface area contributed by atoms with Crippen molar-refractivity contribution in [3.8, 4) is 0 Å². The minimum Gasteiger partial charge on any atom is -0.367 e. The van der Waals surface area contributed by atoms with Gasteiger partial charge in [0.2, 0.25) is 11.9 Å². The van der Waals surface area contributed by atoms with Crippen molar-refractivity contribution in [2.75, 3.05) is 41.3 Å². The molecule has 0 bridgehead atoms. The number of carbonyl (C=O) groups excluding carboxylic acids is 1. The van der Waals surface area contributed by atoms with E-state index in [0.29, 0.717) is 16.8 Å². The highest BCUT2D eigenvalue weighted by Gasteiger charge is 2.22. The standard InChI is InChI=1S/C18H23ClN6O/c1-18(2,3)16(26)23-15-5-4-14(12-20-15)24-6-8-25(9-7-24)17-21-10-13(19)11-22-17/h4-5,10-12H,6-9H2,1-3H3,(H,20,23,26). The molecule has 1 N–H and O–H groups in total. The van der Waals surface area contributed by atoms with Crippen LogP contribution >= 0.6 is 11.6 Å². The van der Waals surface area contributed by atoms with Crippen molar-refractivity contribution in [2.24, 2.45) is 5.41 Å². The molecular formula is C18H23ClN6O. The lowest BCUT2D eigenvalue weighted by Crippen LogP contribution is -2.47. The lowest BCUT2D eigenvalue weighted by molar-refractivity contribution is -0.123. The monoisotopic (exact) mass is 374 g/mol. The van der Waals surface area contributed by atoms with Crippen LogP contribution in [0.1, 0.15) is 20.8 Å². The Balaban J connectivity index is 1.58. The Labute approximate surface area is 158 Å². The second-order valence-corrected chi connectivity index (χ2v) is 7.72. The molecule has 2 aromatic rings. The summed E-state index contributed by atoms with van der Waals surface area (Å²) < 4.78 is 0. The number of carbonyl (C=O) groups is 1. The first kappa shape index (κ1) is 18.4. The molecule has 0 unspecified atom stereocenters. The number of nitrogens with one attached hydrogen (secondary N) is 1. The zero-order valence-corrected chi connectivity index (χ0v) is 16.0. The van der Waals surface area contributed by atoms with E-state index < -0.39 is 5.41 Å². The van der Waals surface area contributed by atoms with Gasteiger partial charge < -0.3 is 15.1 Å². The number of aromatic nitrogens is 3. The molecule has 1 saturated heterocycles. The summed E-state index contributed by atoms with van der Waals surface area (Å²) >= 11 is 5.84. The maximum atomic E-state index is 12.0. The topological polar surface area (TPSA) is 74.2 Å². The van der Waals surface area contributed by atoms with Crippen molar-refractivity contribution in [3.05, 3.63) is 35.7 Å². The minimum absolute atomic E-state index is 0.0469. The summed E-state index contributed by atoms with van der Waals surface area (Å²) in [5.74, 6) is 1.23. The van der Waals surface area contributed by atoms with E-state index >= 15 is 0 Å². The van der Waals surface area contributed by atoms with Gasteiger partial charge in [-0.3, -0.25) is 4.79 Å². The Morgan fingerprint density at radius 1 is 1.00 bits per heavy atom. The van der Waals surface area contributed by atoms with Gasteiger partial charge in [-0.15, -0.1) is 0 Å². The van der Waals surface area contributed by atoms with E-state index in [2.05, 4.69) is 30.1 Å². The summed E-state index contributed by atoms with van der Waals surface area (Å²) in [6.07, 6.45) is 5.03. The SMILES string of the molecule is CC(C)(C)C(=O)Nc1ccc(N2CCN(c3ncc(Cl)cn3)CC2)cn1. The molecule has 2 aromatic heterocycles. The normalized spacial score (nSPS) is 15.1. The van der Waals surface area contributed by atoms with Crippen LogP contribution in [0.4, 0.5) is 17.5 Å². The first-order valence-corrected chi connectivity index (χ1v) is 8.96. The van der Waals surface area contributed by atoms with Crippen molar-refractivity contribution >= 4 is 35.0 Å². The number of nitrogens with zero attached hydrogens (tertiary/aromatic N) is 5. The molecule has 0 aliphatic carbocycles. The van der Waals surface area contributed by atoms with Gasteiger partial charge >= 0.3 is 0 Å². The van der Waals surface area contributed by atoms with Crippen LogP contribution in [0, 0.1) is 5.41 Å². The van der Waals surface area contributed by atoms with Gasteiger partial charge in [-0.25, -0.2) is 15.0 Å². The molecule has 3 heterocycles. The number of hydrogen-bond donors (Lipinski definition) is 1. The van der Waals surface area contributed by atoms with E-state index in [1.54, 1.807) is 18.6 Å². The molecule has 1 amide bonds. The number of rotatable bonds is 3. The second kappa shape index (κ2) is 7.45. The number of anilines is 3. The first-order valence-electron chi connectivity index (χ1n) is 8.58. The molecular weight excluding hydrogens is 352 g/mol. The molecule has 138 valence electrons. The minimum atomic E-state index is -0.444. The zero-order valence-electron chi connectivity index (χ0n) is 15.2. The van der Waals surface area contributed by atoms with E-state index in [4.69, 9.17) is 11.6 Å². The summed E-state index contributed by atoms with van der Waals surface area (Å²) in [7, 11) is 0. The Kier molecular flexibility index (Phi) is 5.27. The number of pyridine rings is 1. The van der Waals surface area contributed by atoms with Crippen molar-refractivity contribution in [3.63, 3.8) is 0 Å². The average molecular weight is 375 g/mol. The fourth-order valence-electron chi connectivity index (χ4n) is 2.58. The Hall–Kier alpha value is -2.41. The summed E-state index contributed by atoms with van der Waals surface area (Å²) in [5, 5.41) is 3.38. The molecule has 8 heteroatoms. The zero-order chi connectivity index (χ0) is 18.7. The lowest BCUT2D eigenvalue weighted by atomic mass is 9.96. The third-order valence-corrected chi connectivity index (χ3v) is 4.40. The van der Waals surface area contributed by atoms with E-state index in [-0.39, 0.29) is 5.91 Å². The van der Waals surface area contributed by atoms with E-state index in [1.807, 2.05) is 32.9 Å². The Morgan fingerprint density at radius 2 is 1.62 bits per heavy atom. The Bertz CT molecular complexity index is 749. The highest BCUT2D eigenvalue weighted by molar-refractivity contribution is 6.30. The van der Waals surface area contributed by atoms with Crippen LogP contribution in [0.25, 0.3) is 0 Å². The van der Waals surface area contributed by atoms with Gasteiger partial charge in [0.05, 0.1) is 29.3 Å². The van der Waals surface area contributed by atoms with Crippen molar-refractivity contribution in [2.45, 2.75) is 20.8 Å². The fourth-order valence-corrected chi connectivity index (χ4v) is 2.68. The third-order valence-electron chi connectivity index (χ3n) is 4.21.